The SMILES string of the molecule is CC1=CC([Si](C)(C)C2=C(C)C(C)=C(C)C2C)c2cccc(-c3occc3C)c21. The lowest BCUT2D eigenvalue weighted by Gasteiger charge is -2.35. The van der Waals surface area contributed by atoms with Crippen molar-refractivity contribution in [3.8, 4) is 11.3 Å². The van der Waals surface area contributed by atoms with Crippen molar-refractivity contribution in [1.29, 1.82) is 0 Å². The third-order valence-corrected chi connectivity index (χ3v) is 11.7. The van der Waals surface area contributed by atoms with Crippen LogP contribution in [0.15, 0.2) is 62.9 Å². The highest BCUT2D eigenvalue weighted by atomic mass is 28.3. The Kier molecular flexibility index (Phi) is 4.46. The van der Waals surface area contributed by atoms with E-state index >= 15 is 0 Å². The Hall–Kier alpha value is -2.06. The number of hydrogen-bond donors (Lipinski definition) is 0. The van der Waals surface area contributed by atoms with Crippen LogP contribution in [0.5, 0.6) is 0 Å². The van der Waals surface area contributed by atoms with Gasteiger partial charge in [-0.05, 0) is 74.4 Å². The first kappa shape index (κ1) is 19.3. The van der Waals surface area contributed by atoms with E-state index in [1.54, 1.807) is 22.6 Å². The van der Waals surface area contributed by atoms with Crippen molar-refractivity contribution in [2.75, 3.05) is 0 Å². The van der Waals surface area contributed by atoms with Crippen LogP contribution in [0.4, 0.5) is 0 Å². The van der Waals surface area contributed by atoms with E-state index in [1.165, 1.54) is 33.4 Å². The van der Waals surface area contributed by atoms with E-state index in [2.05, 4.69) is 85.0 Å². The third-order valence-electron chi connectivity index (χ3n) is 7.46. The lowest BCUT2D eigenvalue weighted by atomic mass is 9.96. The summed E-state index contributed by atoms with van der Waals surface area (Å²) in [6.07, 6.45) is 4.36. The largest absolute Gasteiger partial charge is 0.464 e. The molecule has 1 heterocycles. The molecule has 1 nitrogen and oxygen atoms in total. The van der Waals surface area contributed by atoms with Crippen molar-refractivity contribution in [3.05, 3.63) is 75.2 Å². The Morgan fingerprint density at radius 3 is 2.21 bits per heavy atom. The molecule has 2 aromatic rings. The standard InChI is InChI=1S/C26H32OSi/c1-15-12-13-27-25(15)22-11-9-10-21-23(14-16(2)24(21)22)28(7,8)26-19(5)17(3)18(4)20(26)6/h9-14,19,23H,1-8H3. The Morgan fingerprint density at radius 1 is 0.929 bits per heavy atom. The van der Waals surface area contributed by atoms with Crippen LogP contribution in [-0.2, 0) is 0 Å². The predicted octanol–water partition coefficient (Wildman–Crippen LogP) is 7.84. The zero-order valence-electron chi connectivity index (χ0n) is 18.5. The van der Waals surface area contributed by atoms with Gasteiger partial charge in [0.25, 0.3) is 0 Å². The Morgan fingerprint density at radius 2 is 1.64 bits per heavy atom. The summed E-state index contributed by atoms with van der Waals surface area (Å²) in [5, 5.41) is 1.74. The van der Waals surface area contributed by atoms with Gasteiger partial charge in [-0.1, -0.05) is 60.6 Å². The summed E-state index contributed by atoms with van der Waals surface area (Å²) < 4.78 is 5.87. The maximum atomic E-state index is 5.87. The molecule has 4 rings (SSSR count). The number of allylic oxidation sites excluding steroid dienone is 6. The molecule has 2 heteroatoms. The second kappa shape index (κ2) is 6.49. The smallest absolute Gasteiger partial charge is 0.137 e. The first-order chi connectivity index (χ1) is 13.2. The molecule has 0 spiro atoms. The van der Waals surface area contributed by atoms with Gasteiger partial charge in [-0.2, -0.15) is 0 Å². The van der Waals surface area contributed by atoms with Crippen LogP contribution < -0.4 is 0 Å². The van der Waals surface area contributed by atoms with Gasteiger partial charge in [-0.3, -0.25) is 0 Å². The van der Waals surface area contributed by atoms with E-state index in [4.69, 9.17) is 4.42 Å². The number of fused-ring (bicyclic) bond motifs is 1. The molecule has 2 aliphatic carbocycles. The van der Waals surface area contributed by atoms with Crippen LogP contribution in [0.25, 0.3) is 16.9 Å². The first-order valence-electron chi connectivity index (χ1n) is 10.4. The van der Waals surface area contributed by atoms with Gasteiger partial charge in [0.05, 0.1) is 14.3 Å². The van der Waals surface area contributed by atoms with Gasteiger partial charge >= 0.3 is 0 Å². The summed E-state index contributed by atoms with van der Waals surface area (Å²) in [7, 11) is -1.73. The zero-order valence-corrected chi connectivity index (χ0v) is 19.5. The lowest BCUT2D eigenvalue weighted by Crippen LogP contribution is -2.39. The van der Waals surface area contributed by atoms with Crippen molar-refractivity contribution in [1.82, 2.24) is 0 Å². The van der Waals surface area contributed by atoms with Crippen molar-refractivity contribution >= 4 is 13.6 Å². The molecule has 0 aliphatic heterocycles. The average Bonchev–Trinajstić information content (AvgIpc) is 3.28. The predicted molar refractivity (Wildman–Crippen MR) is 123 cm³/mol. The fraction of sp³-hybridized carbons (Fsp3) is 0.385. The molecule has 1 aromatic heterocycles. The molecule has 0 saturated heterocycles. The van der Waals surface area contributed by atoms with Crippen LogP contribution in [0, 0.1) is 12.8 Å². The highest BCUT2D eigenvalue weighted by molar-refractivity contribution is 6.86. The monoisotopic (exact) mass is 388 g/mol. The van der Waals surface area contributed by atoms with Gasteiger partial charge < -0.3 is 4.42 Å². The van der Waals surface area contributed by atoms with E-state index in [-0.39, 0.29) is 0 Å². The molecule has 0 radical (unpaired) electrons. The van der Waals surface area contributed by atoms with Gasteiger partial charge in [0.2, 0.25) is 0 Å². The molecule has 0 N–H and O–H groups in total. The lowest BCUT2D eigenvalue weighted by molar-refractivity contribution is 0.580. The first-order valence-corrected chi connectivity index (χ1v) is 13.5. The van der Waals surface area contributed by atoms with Gasteiger partial charge in [0, 0.05) is 11.1 Å². The molecule has 146 valence electrons. The highest BCUT2D eigenvalue weighted by Crippen LogP contribution is 2.51. The molecule has 2 aliphatic rings. The van der Waals surface area contributed by atoms with E-state index in [1.807, 2.05) is 0 Å². The molecule has 0 amide bonds. The molecule has 2 atom stereocenters. The van der Waals surface area contributed by atoms with Gasteiger partial charge in [-0.15, -0.1) is 0 Å². The Balaban J connectivity index is 1.86. The van der Waals surface area contributed by atoms with Crippen LogP contribution >= 0.6 is 0 Å². The van der Waals surface area contributed by atoms with E-state index < -0.39 is 8.07 Å². The van der Waals surface area contributed by atoms with E-state index in [0.29, 0.717) is 11.5 Å². The molecule has 2 unspecified atom stereocenters. The van der Waals surface area contributed by atoms with Crippen LogP contribution in [0.1, 0.15) is 56.9 Å². The summed E-state index contributed by atoms with van der Waals surface area (Å²) >= 11 is 0. The number of aryl methyl sites for hydroxylation is 1. The normalized spacial score (nSPS) is 22.2. The quantitative estimate of drug-likeness (QED) is 0.488. The van der Waals surface area contributed by atoms with E-state index in [9.17, 15) is 0 Å². The van der Waals surface area contributed by atoms with Crippen molar-refractivity contribution in [2.45, 2.75) is 60.2 Å². The second-order valence-corrected chi connectivity index (χ2v) is 13.9. The minimum absolute atomic E-state index is 0.517. The molecular weight excluding hydrogens is 356 g/mol. The molecular formula is C26H32OSi. The Bertz CT molecular complexity index is 1060. The Labute approximate surface area is 170 Å². The number of benzene rings is 1. The maximum absolute atomic E-state index is 5.87. The van der Waals surface area contributed by atoms with E-state index in [0.717, 1.165) is 5.76 Å². The zero-order chi connectivity index (χ0) is 20.4. The van der Waals surface area contributed by atoms with Crippen molar-refractivity contribution in [3.63, 3.8) is 0 Å². The average molecular weight is 389 g/mol. The fourth-order valence-corrected chi connectivity index (χ4v) is 10.2. The fourth-order valence-electron chi connectivity index (χ4n) is 5.70. The highest BCUT2D eigenvalue weighted by Gasteiger charge is 2.44. The van der Waals surface area contributed by atoms with Crippen LogP contribution in [-0.4, -0.2) is 8.07 Å². The van der Waals surface area contributed by atoms with Crippen LogP contribution in [0.2, 0.25) is 13.1 Å². The molecule has 0 bridgehead atoms. The molecule has 1 aromatic carbocycles. The minimum Gasteiger partial charge on any atom is -0.464 e. The summed E-state index contributed by atoms with van der Waals surface area (Å²) in [5.41, 5.74) is 11.9. The summed E-state index contributed by atoms with van der Waals surface area (Å²) in [4.78, 5) is 0. The van der Waals surface area contributed by atoms with Gasteiger partial charge in [-0.25, -0.2) is 0 Å². The molecule has 0 fully saturated rings. The summed E-state index contributed by atoms with van der Waals surface area (Å²) in [6, 6.07) is 8.85. The number of hydrogen-bond acceptors (Lipinski definition) is 1. The van der Waals surface area contributed by atoms with Crippen LogP contribution in [0.3, 0.4) is 0 Å². The van der Waals surface area contributed by atoms with Crippen molar-refractivity contribution in [2.24, 2.45) is 5.92 Å². The molecule has 0 saturated carbocycles. The summed E-state index contributed by atoms with van der Waals surface area (Å²) in [6.45, 7) is 18.9. The van der Waals surface area contributed by atoms with Gasteiger partial charge in [0.1, 0.15) is 5.76 Å². The second-order valence-electron chi connectivity index (χ2n) is 9.32. The minimum atomic E-state index is -1.73. The van der Waals surface area contributed by atoms with Gasteiger partial charge in [0.15, 0.2) is 0 Å². The summed E-state index contributed by atoms with van der Waals surface area (Å²) in [5.74, 6) is 1.60. The topological polar surface area (TPSA) is 13.1 Å². The van der Waals surface area contributed by atoms with Crippen molar-refractivity contribution < 1.29 is 4.42 Å². The number of furan rings is 1. The number of rotatable bonds is 3. The third kappa shape index (κ3) is 2.57. The molecule has 28 heavy (non-hydrogen) atoms. The maximum Gasteiger partial charge on any atom is 0.137 e.